The lowest BCUT2D eigenvalue weighted by Crippen LogP contribution is -2.37. The molecule has 0 amide bonds. The molecule has 1 heterocycles. The number of hydrogen-bond acceptors (Lipinski definition) is 4. The molecule has 0 unspecified atom stereocenters. The lowest BCUT2D eigenvalue weighted by atomic mass is 9.71. The lowest BCUT2D eigenvalue weighted by Gasteiger charge is -2.42. The number of rotatable bonds is 4. The molecule has 3 aliphatic rings. The van der Waals surface area contributed by atoms with Crippen LogP contribution in [0.5, 0.6) is 5.75 Å². The van der Waals surface area contributed by atoms with E-state index < -0.39 is 5.92 Å². The molecule has 0 saturated carbocycles. The fraction of sp³-hybridized carbons (Fsp3) is 0.391. The van der Waals surface area contributed by atoms with Crippen molar-refractivity contribution < 1.29 is 14.3 Å². The van der Waals surface area contributed by atoms with Gasteiger partial charge < -0.3 is 9.64 Å². The molecule has 4 rings (SSSR count). The van der Waals surface area contributed by atoms with Gasteiger partial charge in [0.15, 0.2) is 11.6 Å². The molecule has 0 spiro atoms. The van der Waals surface area contributed by atoms with Crippen molar-refractivity contribution in [3.63, 3.8) is 0 Å². The van der Waals surface area contributed by atoms with Crippen LogP contribution >= 0.6 is 23.2 Å². The second-order valence-electron chi connectivity index (χ2n) is 7.67. The van der Waals surface area contributed by atoms with Gasteiger partial charge in [0.2, 0.25) is 0 Å². The van der Waals surface area contributed by atoms with Crippen LogP contribution in [0.2, 0.25) is 10.0 Å². The number of carbonyl (C=O) groups is 2. The van der Waals surface area contributed by atoms with Crippen LogP contribution in [0.15, 0.2) is 47.3 Å². The quantitative estimate of drug-likeness (QED) is 0.581. The first-order valence-corrected chi connectivity index (χ1v) is 10.7. The van der Waals surface area contributed by atoms with Crippen LogP contribution in [0.25, 0.3) is 0 Å². The predicted molar refractivity (Wildman–Crippen MR) is 114 cm³/mol. The van der Waals surface area contributed by atoms with E-state index in [9.17, 15) is 9.59 Å². The van der Waals surface area contributed by atoms with Gasteiger partial charge in [-0.05, 0) is 37.8 Å². The molecule has 1 aromatic carbocycles. The summed E-state index contributed by atoms with van der Waals surface area (Å²) in [7, 11) is 1.97. The Morgan fingerprint density at radius 2 is 1.66 bits per heavy atom. The Morgan fingerprint density at radius 3 is 2.21 bits per heavy atom. The van der Waals surface area contributed by atoms with E-state index in [2.05, 4.69) is 11.5 Å². The average molecular weight is 432 g/mol. The van der Waals surface area contributed by atoms with Crippen LogP contribution in [0.1, 0.15) is 50.0 Å². The number of nitrogens with zero attached hydrogens (tertiary/aromatic N) is 1. The first-order chi connectivity index (χ1) is 13.9. The Balaban J connectivity index is 2.00. The highest BCUT2D eigenvalue weighted by Crippen LogP contribution is 2.51. The molecule has 1 aromatic rings. The third-order valence-corrected chi connectivity index (χ3v) is 6.44. The smallest absolute Gasteiger partial charge is 0.161 e. The van der Waals surface area contributed by atoms with Gasteiger partial charge in [-0.25, -0.2) is 0 Å². The number of halogens is 2. The molecule has 6 heteroatoms. The second kappa shape index (κ2) is 8.00. The zero-order valence-electron chi connectivity index (χ0n) is 16.4. The van der Waals surface area contributed by atoms with Gasteiger partial charge >= 0.3 is 0 Å². The van der Waals surface area contributed by atoms with E-state index in [-0.39, 0.29) is 18.2 Å². The van der Waals surface area contributed by atoms with Gasteiger partial charge in [-0.2, -0.15) is 0 Å². The lowest BCUT2D eigenvalue weighted by molar-refractivity contribution is -0.117. The molecule has 29 heavy (non-hydrogen) atoms. The summed E-state index contributed by atoms with van der Waals surface area (Å²) in [5.41, 5.74) is 4.07. The molecular weight excluding hydrogens is 409 g/mol. The van der Waals surface area contributed by atoms with E-state index in [1.807, 2.05) is 7.05 Å². The van der Waals surface area contributed by atoms with E-state index in [1.165, 1.54) is 0 Å². The zero-order valence-corrected chi connectivity index (χ0v) is 17.9. The third-order valence-electron chi connectivity index (χ3n) is 5.94. The summed E-state index contributed by atoms with van der Waals surface area (Å²) in [5, 5.41) is 0.815. The van der Waals surface area contributed by atoms with E-state index in [0.29, 0.717) is 45.3 Å². The SMILES string of the molecule is C=CCOc1c(Cl)cc(Cl)cc1C1C2=C(CCCC2=O)N(C)C2=C1C(=O)CCC2. The topological polar surface area (TPSA) is 46.6 Å². The third kappa shape index (κ3) is 3.43. The number of benzene rings is 1. The summed E-state index contributed by atoms with van der Waals surface area (Å²) in [6.07, 6.45) is 5.87. The van der Waals surface area contributed by atoms with Gasteiger partial charge in [0, 0.05) is 58.9 Å². The number of hydrogen-bond donors (Lipinski definition) is 0. The number of ketones is 2. The Labute approximate surface area is 180 Å². The molecule has 152 valence electrons. The minimum absolute atomic E-state index is 0.0822. The fourth-order valence-corrected chi connectivity index (χ4v) is 5.32. The summed E-state index contributed by atoms with van der Waals surface area (Å²) in [6, 6.07) is 3.40. The molecule has 0 aromatic heterocycles. The van der Waals surface area contributed by atoms with Gasteiger partial charge in [-0.3, -0.25) is 9.59 Å². The predicted octanol–water partition coefficient (Wildman–Crippen LogP) is 5.60. The molecule has 0 saturated heterocycles. The minimum atomic E-state index is -0.493. The highest BCUT2D eigenvalue weighted by atomic mass is 35.5. The van der Waals surface area contributed by atoms with Gasteiger partial charge in [0.25, 0.3) is 0 Å². The number of Topliss-reactive ketones (excluding diaryl/α,β-unsaturated/α-hetero) is 2. The summed E-state index contributed by atoms with van der Waals surface area (Å²) >= 11 is 12.8. The van der Waals surface area contributed by atoms with Crippen LogP contribution in [0.4, 0.5) is 0 Å². The summed E-state index contributed by atoms with van der Waals surface area (Å²) < 4.78 is 5.89. The van der Waals surface area contributed by atoms with Crippen molar-refractivity contribution in [2.24, 2.45) is 0 Å². The molecule has 0 N–H and O–H groups in total. The molecule has 0 fully saturated rings. The Bertz CT molecular complexity index is 933. The van der Waals surface area contributed by atoms with Crippen molar-refractivity contribution in [1.29, 1.82) is 0 Å². The largest absolute Gasteiger partial charge is 0.488 e. The minimum Gasteiger partial charge on any atom is -0.488 e. The molecule has 1 aliphatic heterocycles. The molecule has 0 bridgehead atoms. The van der Waals surface area contributed by atoms with Gasteiger partial charge in [0.1, 0.15) is 12.4 Å². The standard InChI is InChI=1S/C23H23Cl2NO3/c1-3-10-29-23-14(11-13(24)12-15(23)25)20-21-16(6-4-8-18(21)27)26(2)17-7-5-9-19(28)22(17)20/h3,11-12,20H,1,4-10H2,2H3. The monoisotopic (exact) mass is 431 g/mol. The zero-order chi connectivity index (χ0) is 20.7. The van der Waals surface area contributed by atoms with E-state index >= 15 is 0 Å². The Morgan fingerprint density at radius 1 is 1.07 bits per heavy atom. The Hall–Kier alpha value is -2.04. The van der Waals surface area contributed by atoms with E-state index in [1.54, 1.807) is 18.2 Å². The van der Waals surface area contributed by atoms with Crippen LogP contribution in [-0.4, -0.2) is 30.1 Å². The molecule has 0 radical (unpaired) electrons. The summed E-state index contributed by atoms with van der Waals surface area (Å²) in [4.78, 5) is 28.3. The summed E-state index contributed by atoms with van der Waals surface area (Å²) in [6.45, 7) is 3.97. The van der Waals surface area contributed by atoms with Crippen molar-refractivity contribution in [3.05, 3.63) is 62.9 Å². The van der Waals surface area contributed by atoms with Crippen LogP contribution in [0.3, 0.4) is 0 Å². The van der Waals surface area contributed by atoms with Crippen LogP contribution in [-0.2, 0) is 9.59 Å². The first-order valence-electron chi connectivity index (χ1n) is 9.92. The van der Waals surface area contributed by atoms with E-state index in [0.717, 1.165) is 37.1 Å². The molecule has 4 nitrogen and oxygen atoms in total. The Kier molecular flexibility index (Phi) is 5.58. The maximum atomic E-state index is 13.1. The number of allylic oxidation sites excluding steroid dienone is 4. The highest BCUT2D eigenvalue weighted by molar-refractivity contribution is 6.35. The van der Waals surface area contributed by atoms with Crippen LogP contribution in [0, 0.1) is 0 Å². The van der Waals surface area contributed by atoms with Gasteiger partial charge in [0.05, 0.1) is 5.02 Å². The highest BCUT2D eigenvalue weighted by Gasteiger charge is 2.43. The van der Waals surface area contributed by atoms with Crippen molar-refractivity contribution in [3.8, 4) is 5.75 Å². The number of ether oxygens (including phenoxy) is 1. The average Bonchev–Trinajstić information content (AvgIpc) is 2.68. The van der Waals surface area contributed by atoms with Crippen LogP contribution < -0.4 is 4.74 Å². The maximum Gasteiger partial charge on any atom is 0.161 e. The van der Waals surface area contributed by atoms with E-state index in [4.69, 9.17) is 27.9 Å². The summed E-state index contributed by atoms with van der Waals surface area (Å²) in [5.74, 6) is 0.131. The van der Waals surface area contributed by atoms with Gasteiger partial charge in [-0.15, -0.1) is 0 Å². The normalized spacial score (nSPS) is 20.0. The second-order valence-corrected chi connectivity index (χ2v) is 8.52. The molecular formula is C23H23Cl2NO3. The number of carbonyl (C=O) groups excluding carboxylic acids is 2. The van der Waals surface area contributed by atoms with Crippen molar-refractivity contribution in [2.75, 3.05) is 13.7 Å². The van der Waals surface area contributed by atoms with Gasteiger partial charge in [-0.1, -0.05) is 35.9 Å². The maximum absolute atomic E-state index is 13.1. The first kappa shape index (κ1) is 20.2. The molecule has 2 aliphatic carbocycles. The van der Waals surface area contributed by atoms with Crippen molar-refractivity contribution >= 4 is 34.8 Å². The fourth-order valence-electron chi connectivity index (χ4n) is 4.75. The molecule has 0 atom stereocenters. The van der Waals surface area contributed by atoms with Crippen molar-refractivity contribution in [1.82, 2.24) is 4.90 Å². The van der Waals surface area contributed by atoms with Crippen molar-refractivity contribution in [2.45, 2.75) is 44.4 Å².